The summed E-state index contributed by atoms with van der Waals surface area (Å²) in [6.45, 7) is 0. The number of thiocarbonyl (C=S) groups is 1. The predicted octanol–water partition coefficient (Wildman–Crippen LogP) is 6.21. The van der Waals surface area contributed by atoms with Gasteiger partial charge in [-0.3, -0.25) is 10.1 Å². The highest BCUT2D eigenvalue weighted by molar-refractivity contribution is 7.80. The molecule has 0 aliphatic carbocycles. The zero-order valence-electron chi connectivity index (χ0n) is 15.4. The van der Waals surface area contributed by atoms with E-state index in [1.165, 1.54) is 0 Å². The number of rotatable bonds is 3. The summed E-state index contributed by atoms with van der Waals surface area (Å²) < 4.78 is 32.5. The minimum atomic E-state index is -1.06. The standard InChI is InChI=1S/C21H11Cl2F2N3O2S/c22-11-3-1-10(2-4-11)19(29)28-21(31)26-12-5-6-18-17(7-12)27-20(30-18)13-8-15(24)16(25)9-14(13)23/h1-9H,(H2,26,28,29,31). The van der Waals surface area contributed by atoms with Gasteiger partial charge in [0, 0.05) is 16.3 Å². The van der Waals surface area contributed by atoms with E-state index in [2.05, 4.69) is 15.6 Å². The first kappa shape index (κ1) is 21.2. The first-order valence-electron chi connectivity index (χ1n) is 8.73. The molecule has 0 unspecified atom stereocenters. The summed E-state index contributed by atoms with van der Waals surface area (Å²) in [5, 5.41) is 6.00. The molecule has 0 aliphatic heterocycles. The van der Waals surface area contributed by atoms with Crippen molar-refractivity contribution < 1.29 is 18.0 Å². The molecule has 3 aromatic carbocycles. The lowest BCUT2D eigenvalue weighted by molar-refractivity contribution is 0.0977. The maximum atomic E-state index is 13.6. The SMILES string of the molecule is O=C(NC(=S)Nc1ccc2oc(-c3cc(F)c(F)cc3Cl)nc2c1)c1ccc(Cl)cc1. The van der Waals surface area contributed by atoms with Crippen molar-refractivity contribution in [2.75, 3.05) is 5.32 Å². The Kier molecular flexibility index (Phi) is 5.86. The van der Waals surface area contributed by atoms with Crippen LogP contribution in [-0.4, -0.2) is 16.0 Å². The van der Waals surface area contributed by atoms with Gasteiger partial charge in [0.05, 0.1) is 10.6 Å². The molecule has 31 heavy (non-hydrogen) atoms. The lowest BCUT2D eigenvalue weighted by Crippen LogP contribution is -2.34. The molecule has 5 nitrogen and oxygen atoms in total. The zero-order valence-corrected chi connectivity index (χ0v) is 17.7. The Balaban J connectivity index is 1.52. The van der Waals surface area contributed by atoms with Gasteiger partial charge in [0.1, 0.15) is 5.52 Å². The van der Waals surface area contributed by atoms with Crippen molar-refractivity contribution in [2.45, 2.75) is 0 Å². The van der Waals surface area contributed by atoms with Crippen LogP contribution in [0.5, 0.6) is 0 Å². The van der Waals surface area contributed by atoms with Crippen LogP contribution in [0.25, 0.3) is 22.6 Å². The Morgan fingerprint density at radius 1 is 1.00 bits per heavy atom. The summed E-state index contributed by atoms with van der Waals surface area (Å²) >= 11 is 17.0. The van der Waals surface area contributed by atoms with Gasteiger partial charge in [-0.1, -0.05) is 23.2 Å². The van der Waals surface area contributed by atoms with Crippen LogP contribution in [0.1, 0.15) is 10.4 Å². The van der Waals surface area contributed by atoms with Gasteiger partial charge < -0.3 is 9.73 Å². The fraction of sp³-hybridized carbons (Fsp3) is 0. The number of halogens is 4. The van der Waals surface area contributed by atoms with E-state index < -0.39 is 17.5 Å². The number of amides is 1. The average molecular weight is 478 g/mol. The third-order valence-electron chi connectivity index (χ3n) is 4.22. The Labute approximate surface area is 190 Å². The number of hydrogen-bond donors (Lipinski definition) is 2. The topological polar surface area (TPSA) is 67.2 Å². The van der Waals surface area contributed by atoms with Crippen molar-refractivity contribution in [2.24, 2.45) is 0 Å². The second-order valence-corrected chi connectivity index (χ2v) is 7.61. The largest absolute Gasteiger partial charge is 0.436 e. The van der Waals surface area contributed by atoms with Gasteiger partial charge in [0.25, 0.3) is 5.91 Å². The van der Waals surface area contributed by atoms with Crippen LogP contribution in [0.3, 0.4) is 0 Å². The molecule has 0 radical (unpaired) electrons. The molecule has 10 heteroatoms. The molecular formula is C21H11Cl2F2N3O2S. The molecule has 0 saturated heterocycles. The van der Waals surface area contributed by atoms with E-state index in [0.717, 1.165) is 12.1 Å². The van der Waals surface area contributed by atoms with E-state index in [-0.39, 0.29) is 21.6 Å². The lowest BCUT2D eigenvalue weighted by atomic mass is 10.2. The van der Waals surface area contributed by atoms with E-state index in [1.54, 1.807) is 42.5 Å². The van der Waals surface area contributed by atoms with Gasteiger partial charge >= 0.3 is 0 Å². The van der Waals surface area contributed by atoms with Crippen LogP contribution in [0.2, 0.25) is 10.0 Å². The summed E-state index contributed by atoms with van der Waals surface area (Å²) in [4.78, 5) is 16.5. The average Bonchev–Trinajstić information content (AvgIpc) is 3.14. The second-order valence-electron chi connectivity index (χ2n) is 6.36. The predicted molar refractivity (Wildman–Crippen MR) is 120 cm³/mol. The lowest BCUT2D eigenvalue weighted by Gasteiger charge is -2.09. The summed E-state index contributed by atoms with van der Waals surface area (Å²) in [7, 11) is 0. The molecule has 0 bridgehead atoms. The number of oxazole rings is 1. The Morgan fingerprint density at radius 3 is 2.45 bits per heavy atom. The number of carbonyl (C=O) groups is 1. The number of nitrogens with one attached hydrogen (secondary N) is 2. The molecule has 0 spiro atoms. The quantitative estimate of drug-likeness (QED) is 0.271. The maximum absolute atomic E-state index is 13.6. The monoisotopic (exact) mass is 477 g/mol. The summed E-state index contributed by atoms with van der Waals surface area (Å²) in [6.07, 6.45) is 0. The van der Waals surface area contributed by atoms with Crippen molar-refractivity contribution in [3.8, 4) is 11.5 Å². The fourth-order valence-corrected chi connectivity index (χ4v) is 3.31. The van der Waals surface area contributed by atoms with Crippen LogP contribution in [0.15, 0.2) is 59.0 Å². The normalized spacial score (nSPS) is 10.8. The van der Waals surface area contributed by atoms with E-state index in [4.69, 9.17) is 39.8 Å². The van der Waals surface area contributed by atoms with Crippen molar-refractivity contribution >= 4 is 63.2 Å². The van der Waals surface area contributed by atoms with Crippen molar-refractivity contribution in [3.63, 3.8) is 0 Å². The van der Waals surface area contributed by atoms with E-state index in [1.807, 2.05) is 0 Å². The molecular weight excluding hydrogens is 467 g/mol. The number of fused-ring (bicyclic) bond motifs is 1. The highest BCUT2D eigenvalue weighted by Crippen LogP contribution is 2.32. The first-order chi connectivity index (χ1) is 14.8. The highest BCUT2D eigenvalue weighted by Gasteiger charge is 2.16. The van der Waals surface area contributed by atoms with Crippen LogP contribution >= 0.6 is 35.4 Å². The van der Waals surface area contributed by atoms with Gasteiger partial charge in [0.15, 0.2) is 22.3 Å². The number of aromatic nitrogens is 1. The minimum absolute atomic E-state index is 0.0325. The highest BCUT2D eigenvalue weighted by atomic mass is 35.5. The van der Waals surface area contributed by atoms with Gasteiger partial charge in [-0.25, -0.2) is 13.8 Å². The number of hydrogen-bond acceptors (Lipinski definition) is 4. The Morgan fingerprint density at radius 2 is 1.71 bits per heavy atom. The number of carbonyl (C=O) groups excluding carboxylic acids is 1. The minimum Gasteiger partial charge on any atom is -0.436 e. The van der Waals surface area contributed by atoms with Gasteiger partial charge in [-0.15, -0.1) is 0 Å². The van der Waals surface area contributed by atoms with E-state index in [0.29, 0.717) is 27.4 Å². The van der Waals surface area contributed by atoms with Gasteiger partial charge in [0.2, 0.25) is 5.89 Å². The number of anilines is 1. The summed E-state index contributed by atoms with van der Waals surface area (Å²) in [5.74, 6) is -2.49. The van der Waals surface area contributed by atoms with Gasteiger partial charge in [-0.05, 0) is 66.8 Å². The molecule has 2 N–H and O–H groups in total. The number of nitrogens with zero attached hydrogens (tertiary/aromatic N) is 1. The van der Waals surface area contributed by atoms with Crippen molar-refractivity contribution in [1.82, 2.24) is 10.3 Å². The van der Waals surface area contributed by atoms with Gasteiger partial charge in [-0.2, -0.15) is 0 Å². The Bertz CT molecular complexity index is 1330. The molecule has 0 atom stereocenters. The molecule has 1 aromatic heterocycles. The van der Waals surface area contributed by atoms with Crippen molar-refractivity contribution in [3.05, 3.63) is 81.8 Å². The second kappa shape index (κ2) is 8.58. The molecule has 0 fully saturated rings. The van der Waals surface area contributed by atoms with E-state index >= 15 is 0 Å². The molecule has 0 aliphatic rings. The number of benzene rings is 3. The summed E-state index contributed by atoms with van der Waals surface area (Å²) in [5.41, 5.74) is 1.88. The zero-order chi connectivity index (χ0) is 22.1. The fourth-order valence-electron chi connectivity index (χ4n) is 2.75. The third kappa shape index (κ3) is 4.66. The molecule has 4 rings (SSSR count). The first-order valence-corrected chi connectivity index (χ1v) is 9.90. The molecule has 1 heterocycles. The third-order valence-corrected chi connectivity index (χ3v) is 4.99. The molecule has 156 valence electrons. The van der Waals surface area contributed by atoms with E-state index in [9.17, 15) is 13.6 Å². The smallest absolute Gasteiger partial charge is 0.257 e. The van der Waals surface area contributed by atoms with Crippen LogP contribution in [0, 0.1) is 11.6 Å². The van der Waals surface area contributed by atoms with Crippen LogP contribution in [-0.2, 0) is 0 Å². The van der Waals surface area contributed by atoms with Crippen LogP contribution < -0.4 is 10.6 Å². The van der Waals surface area contributed by atoms with Crippen molar-refractivity contribution in [1.29, 1.82) is 0 Å². The maximum Gasteiger partial charge on any atom is 0.257 e. The Hall–Kier alpha value is -3.07. The molecule has 1 amide bonds. The molecule has 4 aromatic rings. The summed E-state index contributed by atoms with van der Waals surface area (Å²) in [6, 6.07) is 13.0. The molecule has 0 saturated carbocycles. The van der Waals surface area contributed by atoms with Crippen LogP contribution in [0.4, 0.5) is 14.5 Å².